The van der Waals surface area contributed by atoms with Gasteiger partial charge in [-0.1, -0.05) is 61.6 Å². The van der Waals surface area contributed by atoms with Gasteiger partial charge in [0, 0.05) is 18.1 Å². The summed E-state index contributed by atoms with van der Waals surface area (Å²) >= 11 is 18.0. The Morgan fingerprint density at radius 2 is 1.71 bits per heavy atom. The summed E-state index contributed by atoms with van der Waals surface area (Å²) < 4.78 is 5.63. The van der Waals surface area contributed by atoms with Crippen LogP contribution in [0.4, 0.5) is 0 Å². The molecule has 2 rings (SSSR count). The summed E-state index contributed by atoms with van der Waals surface area (Å²) in [6.07, 6.45) is 0.456. The van der Waals surface area contributed by atoms with Gasteiger partial charge in [-0.15, -0.1) is 0 Å². The molecule has 2 amide bonds. The summed E-state index contributed by atoms with van der Waals surface area (Å²) in [5.74, 6) is 0.308. The number of halogens is 3. The summed E-state index contributed by atoms with van der Waals surface area (Å²) in [4.78, 5) is 27.5. The fourth-order valence-corrected chi connectivity index (χ4v) is 3.38. The second kappa shape index (κ2) is 12.2. The molecule has 0 aliphatic heterocycles. The molecule has 0 heterocycles. The van der Waals surface area contributed by atoms with E-state index in [9.17, 15) is 9.59 Å². The number of carbonyl (C=O) groups excluding carboxylic acids is 2. The highest BCUT2D eigenvalue weighted by Crippen LogP contribution is 2.24. The molecule has 1 N–H and O–H groups in total. The number of rotatable bonds is 10. The number of amides is 2. The first-order valence-electron chi connectivity index (χ1n) is 10.1. The molecule has 5 nitrogen and oxygen atoms in total. The Kier molecular flexibility index (Phi) is 9.94. The van der Waals surface area contributed by atoms with Crippen LogP contribution in [0, 0.1) is 5.92 Å². The molecule has 8 heteroatoms. The van der Waals surface area contributed by atoms with E-state index in [0.717, 1.165) is 5.56 Å². The number of ether oxygens (including phenoxy) is 1. The average molecular weight is 486 g/mol. The van der Waals surface area contributed by atoms with Crippen LogP contribution in [0.1, 0.15) is 32.8 Å². The number of hydrogen-bond donors (Lipinski definition) is 1. The summed E-state index contributed by atoms with van der Waals surface area (Å²) in [5, 5.41) is 4.31. The summed E-state index contributed by atoms with van der Waals surface area (Å²) in [5.41, 5.74) is 0.768. The maximum absolute atomic E-state index is 13.1. The van der Waals surface area contributed by atoms with Crippen LogP contribution < -0.4 is 10.1 Å². The van der Waals surface area contributed by atoms with Crippen LogP contribution in [0.3, 0.4) is 0 Å². The Balaban J connectivity index is 2.21. The summed E-state index contributed by atoms with van der Waals surface area (Å²) in [6, 6.07) is 11.3. The van der Waals surface area contributed by atoms with Gasteiger partial charge in [0.1, 0.15) is 11.8 Å². The van der Waals surface area contributed by atoms with Crippen LogP contribution in [0.5, 0.6) is 5.75 Å². The molecular formula is C23H27Cl3N2O3. The van der Waals surface area contributed by atoms with Gasteiger partial charge in [0.05, 0.1) is 10.0 Å². The Hall–Kier alpha value is -1.95. The minimum atomic E-state index is -0.644. The fraction of sp³-hybridized carbons (Fsp3) is 0.391. The number of benzene rings is 2. The topological polar surface area (TPSA) is 58.6 Å². The fourth-order valence-electron chi connectivity index (χ4n) is 2.94. The molecule has 31 heavy (non-hydrogen) atoms. The number of carbonyl (C=O) groups is 2. The lowest BCUT2D eigenvalue weighted by atomic mass is 10.1. The molecule has 0 fully saturated rings. The summed E-state index contributed by atoms with van der Waals surface area (Å²) in [6.45, 7) is 6.42. The van der Waals surface area contributed by atoms with Gasteiger partial charge in [-0.25, -0.2) is 0 Å². The van der Waals surface area contributed by atoms with Crippen molar-refractivity contribution in [1.29, 1.82) is 0 Å². The van der Waals surface area contributed by atoms with Crippen molar-refractivity contribution in [2.75, 3.05) is 13.2 Å². The molecule has 0 aromatic heterocycles. The number of hydrogen-bond acceptors (Lipinski definition) is 3. The van der Waals surface area contributed by atoms with E-state index in [4.69, 9.17) is 39.5 Å². The van der Waals surface area contributed by atoms with E-state index in [-0.39, 0.29) is 25.0 Å². The SMILES string of the molecule is CC[C@H](C(=O)NCC(C)C)N(Cc1ccc(Cl)c(Cl)c1)C(=O)COc1ccc(Cl)cc1. The Bertz CT molecular complexity index is 888. The van der Waals surface area contributed by atoms with E-state index >= 15 is 0 Å². The highest BCUT2D eigenvalue weighted by Gasteiger charge is 2.29. The molecule has 0 saturated carbocycles. The minimum Gasteiger partial charge on any atom is -0.484 e. The van der Waals surface area contributed by atoms with E-state index in [1.807, 2.05) is 20.8 Å². The molecule has 0 spiro atoms. The molecular weight excluding hydrogens is 459 g/mol. The largest absolute Gasteiger partial charge is 0.484 e. The molecule has 2 aromatic carbocycles. The van der Waals surface area contributed by atoms with Crippen LogP contribution in [0.15, 0.2) is 42.5 Å². The lowest BCUT2D eigenvalue weighted by molar-refractivity contribution is -0.143. The minimum absolute atomic E-state index is 0.198. The molecule has 2 aromatic rings. The zero-order chi connectivity index (χ0) is 23.0. The monoisotopic (exact) mass is 484 g/mol. The van der Waals surface area contributed by atoms with Crippen LogP contribution >= 0.6 is 34.8 Å². The molecule has 1 atom stereocenters. The molecule has 0 unspecified atom stereocenters. The van der Waals surface area contributed by atoms with Crippen molar-refractivity contribution in [3.63, 3.8) is 0 Å². The Morgan fingerprint density at radius 3 is 2.29 bits per heavy atom. The van der Waals surface area contributed by atoms with Gasteiger partial charge >= 0.3 is 0 Å². The first kappa shape index (κ1) is 25.3. The predicted octanol–water partition coefficient (Wildman–Crippen LogP) is 5.61. The first-order valence-corrected chi connectivity index (χ1v) is 11.2. The van der Waals surface area contributed by atoms with E-state index in [2.05, 4.69) is 5.32 Å². The van der Waals surface area contributed by atoms with E-state index in [0.29, 0.717) is 39.7 Å². The van der Waals surface area contributed by atoms with E-state index < -0.39 is 6.04 Å². The lowest BCUT2D eigenvalue weighted by Crippen LogP contribution is -2.50. The van der Waals surface area contributed by atoms with Gasteiger partial charge in [-0.05, 0) is 54.3 Å². The molecule has 0 aliphatic carbocycles. The van der Waals surface area contributed by atoms with Gasteiger partial charge < -0.3 is 15.0 Å². The van der Waals surface area contributed by atoms with E-state index in [1.165, 1.54) is 4.90 Å². The Labute approximate surface area is 198 Å². The zero-order valence-corrected chi connectivity index (χ0v) is 20.1. The molecule has 0 radical (unpaired) electrons. The number of nitrogens with zero attached hydrogens (tertiary/aromatic N) is 1. The third-order valence-electron chi connectivity index (χ3n) is 4.58. The quantitative estimate of drug-likeness (QED) is 0.476. The maximum Gasteiger partial charge on any atom is 0.261 e. The van der Waals surface area contributed by atoms with Crippen LogP contribution in [-0.2, 0) is 16.1 Å². The van der Waals surface area contributed by atoms with Crippen molar-refractivity contribution < 1.29 is 14.3 Å². The first-order chi connectivity index (χ1) is 14.7. The molecule has 168 valence electrons. The smallest absolute Gasteiger partial charge is 0.261 e. The zero-order valence-electron chi connectivity index (χ0n) is 17.8. The highest BCUT2D eigenvalue weighted by atomic mass is 35.5. The maximum atomic E-state index is 13.1. The van der Waals surface area contributed by atoms with Crippen LogP contribution in [0.2, 0.25) is 15.1 Å². The Morgan fingerprint density at radius 1 is 1.03 bits per heavy atom. The van der Waals surface area contributed by atoms with E-state index in [1.54, 1.807) is 42.5 Å². The van der Waals surface area contributed by atoms with Crippen molar-refractivity contribution in [2.24, 2.45) is 5.92 Å². The number of nitrogens with one attached hydrogen (secondary N) is 1. The van der Waals surface area contributed by atoms with Crippen molar-refractivity contribution in [1.82, 2.24) is 10.2 Å². The van der Waals surface area contributed by atoms with Gasteiger partial charge in [0.25, 0.3) is 5.91 Å². The van der Waals surface area contributed by atoms with Crippen molar-refractivity contribution in [3.05, 3.63) is 63.1 Å². The van der Waals surface area contributed by atoms with Crippen LogP contribution in [-0.4, -0.2) is 35.9 Å². The van der Waals surface area contributed by atoms with Gasteiger partial charge in [0.2, 0.25) is 5.91 Å². The normalized spacial score (nSPS) is 11.8. The van der Waals surface area contributed by atoms with Crippen LogP contribution in [0.25, 0.3) is 0 Å². The van der Waals surface area contributed by atoms with Gasteiger partial charge in [-0.3, -0.25) is 9.59 Å². The molecule has 0 bridgehead atoms. The second-order valence-corrected chi connectivity index (χ2v) is 8.83. The third-order valence-corrected chi connectivity index (χ3v) is 5.57. The second-order valence-electron chi connectivity index (χ2n) is 7.58. The molecule has 0 saturated heterocycles. The molecule has 0 aliphatic rings. The highest BCUT2D eigenvalue weighted by molar-refractivity contribution is 6.42. The van der Waals surface area contributed by atoms with Crippen molar-refractivity contribution >= 4 is 46.6 Å². The standard InChI is InChI=1S/C23H27Cl3N2O3/c1-4-21(23(30)27-12-15(2)3)28(13-16-5-10-19(25)20(26)11-16)22(29)14-31-18-8-6-17(24)7-9-18/h5-11,15,21H,4,12-14H2,1-3H3,(H,27,30)/t21-/m1/s1. The summed E-state index contributed by atoms with van der Waals surface area (Å²) in [7, 11) is 0. The predicted molar refractivity (Wildman–Crippen MR) is 126 cm³/mol. The van der Waals surface area contributed by atoms with Crippen molar-refractivity contribution in [2.45, 2.75) is 39.8 Å². The van der Waals surface area contributed by atoms with Crippen molar-refractivity contribution in [3.8, 4) is 5.75 Å². The lowest BCUT2D eigenvalue weighted by Gasteiger charge is -2.31. The van der Waals surface area contributed by atoms with Gasteiger partial charge in [-0.2, -0.15) is 0 Å². The average Bonchev–Trinajstić information content (AvgIpc) is 2.74. The third kappa shape index (κ3) is 7.91. The van der Waals surface area contributed by atoms with Gasteiger partial charge in [0.15, 0.2) is 6.61 Å².